The van der Waals surface area contributed by atoms with E-state index < -0.39 is 0 Å². The van der Waals surface area contributed by atoms with Crippen LogP contribution in [0.25, 0.3) is 10.8 Å². The average Bonchev–Trinajstić information content (AvgIpc) is 3.57. The summed E-state index contributed by atoms with van der Waals surface area (Å²) >= 11 is 0. The molecule has 3 aromatic carbocycles. The molecule has 0 radical (unpaired) electrons. The van der Waals surface area contributed by atoms with E-state index in [1.807, 2.05) is 25.1 Å². The Balaban J connectivity index is 1.36. The lowest BCUT2D eigenvalue weighted by Crippen LogP contribution is -2.58. The fraction of sp³-hybridized carbons (Fsp3) is 0.370. The van der Waals surface area contributed by atoms with Gasteiger partial charge in [-0.1, -0.05) is 48.5 Å². The summed E-state index contributed by atoms with van der Waals surface area (Å²) in [6.07, 6.45) is 3.07. The Labute approximate surface area is 184 Å². The molecule has 1 saturated carbocycles. The Morgan fingerprint density at radius 3 is 2.55 bits per heavy atom. The minimum absolute atomic E-state index is 0.0274. The van der Waals surface area contributed by atoms with Crippen molar-refractivity contribution in [2.75, 3.05) is 20.2 Å². The number of aryl methyl sites for hydroxylation is 1. The van der Waals surface area contributed by atoms with Crippen LogP contribution in [0.1, 0.15) is 47.7 Å². The maximum atomic E-state index is 13.3. The summed E-state index contributed by atoms with van der Waals surface area (Å²) in [6, 6.07) is 20.6. The number of likely N-dealkylation sites (tertiary alicyclic amines) is 1. The molecule has 1 aliphatic heterocycles. The van der Waals surface area contributed by atoms with Gasteiger partial charge in [0.1, 0.15) is 12.4 Å². The lowest BCUT2D eigenvalue weighted by molar-refractivity contribution is -0.0109. The zero-order chi connectivity index (χ0) is 21.6. The van der Waals surface area contributed by atoms with Crippen LogP contribution in [0.4, 0.5) is 0 Å². The van der Waals surface area contributed by atoms with Crippen molar-refractivity contribution in [1.82, 2.24) is 10.2 Å². The first-order chi connectivity index (χ1) is 14.9. The molecular weight excluding hydrogens is 384 g/mol. The van der Waals surface area contributed by atoms with Crippen molar-refractivity contribution in [1.29, 1.82) is 0 Å². The smallest absolute Gasteiger partial charge is 0.252 e. The third-order valence-corrected chi connectivity index (χ3v) is 7.32. The van der Waals surface area contributed by atoms with Crippen LogP contribution in [0.2, 0.25) is 0 Å². The normalized spacial score (nSPS) is 22.0. The number of benzene rings is 3. The third-order valence-electron chi connectivity index (χ3n) is 7.32. The molecular formula is C27H30N2O2. The molecule has 2 aliphatic rings. The van der Waals surface area contributed by atoms with Crippen molar-refractivity contribution in [2.24, 2.45) is 0 Å². The molecule has 1 saturated heterocycles. The van der Waals surface area contributed by atoms with Crippen LogP contribution in [-0.4, -0.2) is 36.5 Å². The summed E-state index contributed by atoms with van der Waals surface area (Å²) in [7, 11) is 2.13. The minimum atomic E-state index is -0.274. The lowest BCUT2D eigenvalue weighted by Gasteiger charge is -2.48. The Morgan fingerprint density at radius 2 is 1.84 bits per heavy atom. The first-order valence-corrected chi connectivity index (χ1v) is 11.2. The molecule has 160 valence electrons. The zero-order valence-electron chi connectivity index (χ0n) is 18.6. The molecule has 1 unspecified atom stereocenters. The van der Waals surface area contributed by atoms with E-state index in [1.54, 1.807) is 0 Å². The van der Waals surface area contributed by atoms with Crippen molar-refractivity contribution in [3.63, 3.8) is 0 Å². The number of ether oxygens (including phenoxy) is 1. The lowest BCUT2D eigenvalue weighted by atomic mass is 9.88. The van der Waals surface area contributed by atoms with Crippen LogP contribution < -0.4 is 10.1 Å². The first-order valence-electron chi connectivity index (χ1n) is 11.2. The molecule has 1 aliphatic carbocycles. The Morgan fingerprint density at radius 1 is 1.06 bits per heavy atom. The topological polar surface area (TPSA) is 41.6 Å². The molecule has 1 N–H and O–H groups in total. The molecule has 3 aromatic rings. The number of fused-ring (bicyclic) bond motifs is 1. The second kappa shape index (κ2) is 7.38. The number of likely N-dealkylation sites (N-methyl/N-ethyl adjacent to an activating group) is 1. The number of amides is 1. The molecule has 0 aromatic heterocycles. The highest BCUT2D eigenvalue weighted by Crippen LogP contribution is 2.48. The van der Waals surface area contributed by atoms with Gasteiger partial charge in [0, 0.05) is 12.1 Å². The predicted octanol–water partition coefficient (Wildman–Crippen LogP) is 5.04. The number of carbonyl (C=O) groups is 1. The number of carbonyl (C=O) groups excluding carboxylic acids is 1. The summed E-state index contributed by atoms with van der Waals surface area (Å²) in [5.74, 6) is 0.729. The molecule has 4 heteroatoms. The van der Waals surface area contributed by atoms with Gasteiger partial charge in [0.2, 0.25) is 0 Å². The fourth-order valence-electron chi connectivity index (χ4n) is 4.59. The average molecular weight is 415 g/mol. The summed E-state index contributed by atoms with van der Waals surface area (Å²) in [4.78, 5) is 15.6. The highest BCUT2D eigenvalue weighted by atomic mass is 16.5. The van der Waals surface area contributed by atoms with Crippen LogP contribution in [0.15, 0.2) is 60.7 Å². The Hall–Kier alpha value is -2.85. The molecule has 4 nitrogen and oxygen atoms in total. The monoisotopic (exact) mass is 414 g/mol. The number of hydrogen-bond acceptors (Lipinski definition) is 3. The second-order valence-electron chi connectivity index (χ2n) is 9.50. The van der Waals surface area contributed by atoms with Gasteiger partial charge in [-0.3, -0.25) is 9.69 Å². The van der Waals surface area contributed by atoms with Crippen molar-refractivity contribution < 1.29 is 9.53 Å². The van der Waals surface area contributed by atoms with E-state index in [0.717, 1.165) is 37.1 Å². The van der Waals surface area contributed by atoms with Gasteiger partial charge in [-0.05, 0) is 74.2 Å². The van der Waals surface area contributed by atoms with E-state index >= 15 is 0 Å². The molecule has 5 rings (SSSR count). The van der Waals surface area contributed by atoms with Gasteiger partial charge in [0.25, 0.3) is 5.91 Å². The number of hydrogen-bond donors (Lipinski definition) is 1. The SMILES string of the molecule is Cc1ccc(OCC2(C)CCN2C)cc1C(=O)NC1(c2cccc3ccccc23)CC1. The van der Waals surface area contributed by atoms with E-state index in [9.17, 15) is 4.79 Å². The molecule has 1 heterocycles. The number of nitrogens with zero attached hydrogens (tertiary/aromatic N) is 1. The van der Waals surface area contributed by atoms with Crippen LogP contribution >= 0.6 is 0 Å². The summed E-state index contributed by atoms with van der Waals surface area (Å²) in [6.45, 7) is 5.95. The van der Waals surface area contributed by atoms with E-state index in [1.165, 1.54) is 16.3 Å². The maximum absolute atomic E-state index is 13.3. The van der Waals surface area contributed by atoms with Gasteiger partial charge in [0.15, 0.2) is 0 Å². The molecule has 31 heavy (non-hydrogen) atoms. The predicted molar refractivity (Wildman–Crippen MR) is 125 cm³/mol. The van der Waals surface area contributed by atoms with Crippen molar-refractivity contribution in [3.8, 4) is 5.75 Å². The largest absolute Gasteiger partial charge is 0.492 e. The van der Waals surface area contributed by atoms with E-state index in [2.05, 4.69) is 66.7 Å². The van der Waals surface area contributed by atoms with Gasteiger partial charge in [0.05, 0.1) is 11.1 Å². The van der Waals surface area contributed by atoms with Crippen LogP contribution in [0.3, 0.4) is 0 Å². The third kappa shape index (κ3) is 3.59. The second-order valence-corrected chi connectivity index (χ2v) is 9.50. The molecule has 0 bridgehead atoms. The highest BCUT2D eigenvalue weighted by Gasteiger charge is 2.46. The molecule has 0 spiro atoms. The quantitative estimate of drug-likeness (QED) is 0.614. The molecule has 2 fully saturated rings. The molecule has 1 amide bonds. The Kier molecular flexibility index (Phi) is 4.78. The zero-order valence-corrected chi connectivity index (χ0v) is 18.6. The van der Waals surface area contributed by atoms with Gasteiger partial charge >= 0.3 is 0 Å². The number of rotatable bonds is 6. The first kappa shape index (κ1) is 20.1. The number of nitrogens with one attached hydrogen (secondary N) is 1. The summed E-state index contributed by atoms with van der Waals surface area (Å²) in [5.41, 5.74) is 2.68. The van der Waals surface area contributed by atoms with Crippen LogP contribution in [0.5, 0.6) is 5.75 Å². The molecule has 1 atom stereocenters. The van der Waals surface area contributed by atoms with E-state index in [-0.39, 0.29) is 17.0 Å². The van der Waals surface area contributed by atoms with E-state index in [0.29, 0.717) is 12.2 Å². The van der Waals surface area contributed by atoms with Crippen molar-refractivity contribution in [2.45, 2.75) is 44.2 Å². The van der Waals surface area contributed by atoms with Gasteiger partial charge in [-0.25, -0.2) is 0 Å². The van der Waals surface area contributed by atoms with Gasteiger partial charge in [-0.2, -0.15) is 0 Å². The van der Waals surface area contributed by atoms with Gasteiger partial charge < -0.3 is 10.1 Å². The van der Waals surface area contributed by atoms with Gasteiger partial charge in [-0.15, -0.1) is 0 Å². The standard InChI is InChI=1S/C27H30N2O2/c1-19-11-12-21(31-18-26(2)15-16-29(26)3)17-23(19)25(30)28-27(13-14-27)24-10-6-8-20-7-4-5-9-22(20)24/h4-12,17H,13-16,18H2,1-3H3,(H,28,30). The summed E-state index contributed by atoms with van der Waals surface area (Å²) < 4.78 is 6.10. The van der Waals surface area contributed by atoms with Crippen LogP contribution in [0, 0.1) is 6.92 Å². The fourth-order valence-corrected chi connectivity index (χ4v) is 4.59. The minimum Gasteiger partial charge on any atom is -0.492 e. The van der Waals surface area contributed by atoms with E-state index in [4.69, 9.17) is 4.74 Å². The van der Waals surface area contributed by atoms with Crippen molar-refractivity contribution >= 4 is 16.7 Å². The Bertz CT molecular complexity index is 1150. The highest BCUT2D eigenvalue weighted by molar-refractivity contribution is 5.97. The maximum Gasteiger partial charge on any atom is 0.252 e. The summed E-state index contributed by atoms with van der Waals surface area (Å²) in [5, 5.41) is 5.79. The van der Waals surface area contributed by atoms with Crippen molar-refractivity contribution in [3.05, 3.63) is 77.4 Å². The van der Waals surface area contributed by atoms with Crippen LogP contribution in [-0.2, 0) is 5.54 Å².